The Morgan fingerprint density at radius 3 is 2.04 bits per heavy atom. The summed E-state index contributed by atoms with van der Waals surface area (Å²) in [7, 11) is 0. The Hall–Kier alpha value is -0.660. The van der Waals surface area contributed by atoms with Crippen LogP contribution < -0.4 is 0 Å². The first-order valence-electron chi connectivity index (χ1n) is 19.7. The van der Waals surface area contributed by atoms with Gasteiger partial charge in [0.2, 0.25) is 0 Å². The second kappa shape index (κ2) is 13.0. The number of aliphatic hydroxyl groups is 6. The molecule has 4 saturated carbocycles. The predicted molar refractivity (Wildman–Crippen MR) is 185 cm³/mol. The molecule has 50 heavy (non-hydrogen) atoms. The summed E-state index contributed by atoms with van der Waals surface area (Å²) < 4.78 is 24.3. The van der Waals surface area contributed by atoms with E-state index in [-0.39, 0.29) is 46.4 Å². The van der Waals surface area contributed by atoms with E-state index in [9.17, 15) is 30.6 Å². The number of ether oxygens (including phenoxy) is 4. The fourth-order valence-corrected chi connectivity index (χ4v) is 13.3. The van der Waals surface area contributed by atoms with Crippen molar-refractivity contribution >= 4 is 0 Å². The first-order valence-corrected chi connectivity index (χ1v) is 19.7. The number of allylic oxidation sites excluding steroid dienone is 2. The van der Waals surface area contributed by atoms with Gasteiger partial charge in [0.15, 0.2) is 12.6 Å². The minimum Gasteiger partial charge on any atom is -0.388 e. The van der Waals surface area contributed by atoms with Gasteiger partial charge in [-0.25, -0.2) is 0 Å². The Kier molecular flexibility index (Phi) is 9.78. The molecule has 0 unspecified atom stereocenters. The van der Waals surface area contributed by atoms with Crippen LogP contribution in [0.2, 0.25) is 0 Å². The predicted octanol–water partition coefficient (Wildman–Crippen LogP) is 3.92. The summed E-state index contributed by atoms with van der Waals surface area (Å²) in [6, 6.07) is 0. The van der Waals surface area contributed by atoms with E-state index in [4.69, 9.17) is 18.9 Å². The molecule has 10 heteroatoms. The first kappa shape index (κ1) is 37.6. The summed E-state index contributed by atoms with van der Waals surface area (Å²) in [6.07, 6.45) is 2.76. The fraction of sp³-hybridized carbons (Fsp3) is 0.950. The zero-order valence-electron chi connectivity index (χ0n) is 31.5. The lowest BCUT2D eigenvalue weighted by Gasteiger charge is -2.72. The third kappa shape index (κ3) is 5.47. The van der Waals surface area contributed by atoms with Gasteiger partial charge in [-0.2, -0.15) is 0 Å². The Morgan fingerprint density at radius 2 is 1.36 bits per heavy atom. The van der Waals surface area contributed by atoms with E-state index in [1.54, 1.807) is 5.57 Å². The van der Waals surface area contributed by atoms with Crippen molar-refractivity contribution in [2.24, 2.45) is 56.7 Å². The normalized spacial score (nSPS) is 56.3. The average Bonchev–Trinajstić information content (AvgIpc) is 3.07. The van der Waals surface area contributed by atoms with Crippen molar-refractivity contribution in [2.75, 3.05) is 19.8 Å². The molecule has 10 nitrogen and oxygen atoms in total. The van der Waals surface area contributed by atoms with Crippen molar-refractivity contribution in [1.29, 1.82) is 0 Å². The minimum absolute atomic E-state index is 0.0407. The molecule has 0 aromatic carbocycles. The van der Waals surface area contributed by atoms with Crippen molar-refractivity contribution in [3.63, 3.8) is 0 Å². The Balaban J connectivity index is 1.15. The molecule has 2 saturated heterocycles. The summed E-state index contributed by atoms with van der Waals surface area (Å²) in [5.74, 6) is 2.37. The van der Waals surface area contributed by atoms with Crippen LogP contribution in [0.5, 0.6) is 0 Å². The lowest BCUT2D eigenvalue weighted by atomic mass is 9.33. The Bertz CT molecular complexity index is 1290. The van der Waals surface area contributed by atoms with Crippen LogP contribution >= 0.6 is 0 Å². The molecule has 286 valence electrons. The van der Waals surface area contributed by atoms with Crippen LogP contribution in [0, 0.1) is 56.7 Å². The van der Waals surface area contributed by atoms with Crippen molar-refractivity contribution in [1.82, 2.24) is 0 Å². The maximum atomic E-state index is 10.7. The van der Waals surface area contributed by atoms with E-state index in [0.29, 0.717) is 36.2 Å². The van der Waals surface area contributed by atoms with Crippen LogP contribution in [-0.4, -0.2) is 106 Å². The third-order valence-corrected chi connectivity index (χ3v) is 16.8. The van der Waals surface area contributed by atoms with Gasteiger partial charge in [0.05, 0.1) is 25.9 Å². The van der Waals surface area contributed by atoms with Gasteiger partial charge in [-0.1, -0.05) is 60.1 Å². The molecule has 0 amide bonds. The number of rotatable bonds is 5. The summed E-state index contributed by atoms with van der Waals surface area (Å²) in [4.78, 5) is 0. The molecule has 0 spiro atoms. The molecule has 2 aliphatic heterocycles. The van der Waals surface area contributed by atoms with Gasteiger partial charge in [-0.05, 0) is 109 Å². The van der Waals surface area contributed by atoms with Gasteiger partial charge in [0.1, 0.15) is 36.6 Å². The van der Waals surface area contributed by atoms with E-state index in [1.165, 1.54) is 0 Å². The van der Waals surface area contributed by atoms with Crippen molar-refractivity contribution < 1.29 is 49.6 Å². The molecule has 0 aromatic rings. The van der Waals surface area contributed by atoms with E-state index in [2.05, 4.69) is 54.5 Å². The average molecular weight is 707 g/mol. The Labute approximate surface area is 298 Å². The zero-order chi connectivity index (χ0) is 36.2. The standard InChI is InChI=1S/C40H66O10/c1-21-10-15-40(20-49-34-32(45)30(43)24(41)18-47-34)17-16-38(6)23(29(40)22(21)2)8-9-27-37(5)13-12-28(36(3,4)26(37)11-14-39(27,38)7)50-35-33(46)31(44)25(42)19-48-35/h8,21-22,24-35,41-46H,9-20H2,1-7H3/t21-,22+,24+,25+,26+,27-,28+,29+,30+,31+,32-,33-,34-,35+,37+,38-,39-,40-/m1/s1. The topological polar surface area (TPSA) is 158 Å². The molecular weight excluding hydrogens is 640 g/mol. The molecule has 0 aromatic heterocycles. The zero-order valence-corrected chi connectivity index (χ0v) is 31.5. The van der Waals surface area contributed by atoms with Crippen molar-refractivity contribution in [3.05, 3.63) is 11.6 Å². The SMILES string of the molecule is C[C@H]1[C@H](C)CC[C@]2(CO[C@H]3OC[C@H](O)[C@H](O)[C@H]3O)CC[C@]3(C)C(=CC[C@@H]4[C@@]5(C)CC[C@H](O[C@@H]6OC[C@H](O)[C@H](O)[C@H]6O)C(C)(C)[C@@H]5CC[C@]43C)[C@H]12. The minimum atomic E-state index is -1.28. The van der Waals surface area contributed by atoms with E-state index < -0.39 is 49.2 Å². The number of hydrogen-bond donors (Lipinski definition) is 6. The fourth-order valence-electron chi connectivity index (χ4n) is 13.3. The van der Waals surface area contributed by atoms with Crippen LogP contribution in [0.1, 0.15) is 106 Å². The smallest absolute Gasteiger partial charge is 0.186 e. The third-order valence-electron chi connectivity index (χ3n) is 16.8. The maximum Gasteiger partial charge on any atom is 0.186 e. The van der Waals surface area contributed by atoms with Gasteiger partial charge in [-0.3, -0.25) is 0 Å². The van der Waals surface area contributed by atoms with Gasteiger partial charge < -0.3 is 49.6 Å². The summed E-state index contributed by atoms with van der Waals surface area (Å²) in [5, 5.41) is 62.0. The largest absolute Gasteiger partial charge is 0.388 e. The summed E-state index contributed by atoms with van der Waals surface area (Å²) in [6.45, 7) is 17.5. The van der Waals surface area contributed by atoms with Crippen LogP contribution in [0.3, 0.4) is 0 Å². The molecule has 6 N–H and O–H groups in total. The maximum absolute atomic E-state index is 10.7. The number of aliphatic hydroxyl groups excluding tert-OH is 6. The van der Waals surface area contributed by atoms with E-state index in [1.807, 2.05) is 0 Å². The highest BCUT2D eigenvalue weighted by Crippen LogP contribution is 2.76. The van der Waals surface area contributed by atoms with Crippen LogP contribution in [-0.2, 0) is 18.9 Å². The molecule has 6 fully saturated rings. The summed E-state index contributed by atoms with van der Waals surface area (Å²) in [5.41, 5.74) is 1.63. The highest BCUT2D eigenvalue weighted by molar-refractivity contribution is 5.34. The van der Waals surface area contributed by atoms with E-state index in [0.717, 1.165) is 57.8 Å². The monoisotopic (exact) mass is 706 g/mol. The molecule has 0 bridgehead atoms. The molecule has 0 radical (unpaired) electrons. The van der Waals surface area contributed by atoms with Crippen molar-refractivity contribution in [2.45, 2.75) is 162 Å². The highest BCUT2D eigenvalue weighted by atomic mass is 16.7. The number of fused-ring (bicyclic) bond motifs is 7. The lowest BCUT2D eigenvalue weighted by Crippen LogP contribution is -2.66. The molecule has 2 heterocycles. The molecule has 7 aliphatic rings. The van der Waals surface area contributed by atoms with E-state index >= 15 is 0 Å². The van der Waals surface area contributed by atoms with Gasteiger partial charge >= 0.3 is 0 Å². The molecule has 5 aliphatic carbocycles. The summed E-state index contributed by atoms with van der Waals surface area (Å²) >= 11 is 0. The van der Waals surface area contributed by atoms with Gasteiger partial charge in [0, 0.05) is 5.41 Å². The van der Waals surface area contributed by atoms with Crippen molar-refractivity contribution in [3.8, 4) is 0 Å². The molecule has 18 atom stereocenters. The highest BCUT2D eigenvalue weighted by Gasteiger charge is 2.69. The quantitative estimate of drug-likeness (QED) is 0.183. The Morgan fingerprint density at radius 1 is 0.720 bits per heavy atom. The first-order chi connectivity index (χ1) is 23.4. The van der Waals surface area contributed by atoms with Crippen LogP contribution in [0.25, 0.3) is 0 Å². The van der Waals surface area contributed by atoms with Crippen LogP contribution in [0.4, 0.5) is 0 Å². The number of hydrogen-bond acceptors (Lipinski definition) is 10. The second-order valence-corrected chi connectivity index (χ2v) is 19.3. The van der Waals surface area contributed by atoms with Gasteiger partial charge in [0.25, 0.3) is 0 Å². The van der Waals surface area contributed by atoms with Gasteiger partial charge in [-0.15, -0.1) is 0 Å². The second-order valence-electron chi connectivity index (χ2n) is 19.3. The van der Waals surface area contributed by atoms with Crippen LogP contribution in [0.15, 0.2) is 11.6 Å². The lowest BCUT2D eigenvalue weighted by molar-refractivity contribution is -0.308. The molecular formula is C40H66O10. The molecule has 7 rings (SSSR count).